The Morgan fingerprint density at radius 2 is 2.10 bits per heavy atom. The molecule has 1 unspecified atom stereocenters. The molecule has 1 fully saturated rings. The molecule has 0 aliphatic carbocycles. The number of anilines is 1. The monoisotopic (exact) mass is 284 g/mol. The van der Waals surface area contributed by atoms with Gasteiger partial charge >= 0.3 is 0 Å². The molecule has 3 rings (SSSR count). The van der Waals surface area contributed by atoms with Gasteiger partial charge in [0, 0.05) is 18.9 Å². The summed E-state index contributed by atoms with van der Waals surface area (Å²) in [4.78, 5) is 6.52. The van der Waals surface area contributed by atoms with E-state index in [1.807, 2.05) is 30.5 Å². The van der Waals surface area contributed by atoms with Crippen LogP contribution in [0.25, 0.3) is 0 Å². The van der Waals surface area contributed by atoms with E-state index < -0.39 is 0 Å². The largest absolute Gasteiger partial charge is 0.495 e. The molecule has 110 valence electrons. The molecule has 4 nitrogen and oxygen atoms in total. The molecule has 1 aliphatic rings. The van der Waals surface area contributed by atoms with Gasteiger partial charge in [0.1, 0.15) is 5.75 Å². The number of hydrogen-bond acceptors (Lipinski definition) is 4. The third kappa shape index (κ3) is 2.85. The van der Waals surface area contributed by atoms with E-state index >= 15 is 0 Å². The second-order valence-corrected chi connectivity index (χ2v) is 5.35. The zero-order chi connectivity index (χ0) is 14.7. The first-order chi connectivity index (χ1) is 10.3. The van der Waals surface area contributed by atoms with E-state index in [2.05, 4.69) is 22.0 Å². The number of pyridine rings is 1. The second kappa shape index (κ2) is 6.14. The predicted molar refractivity (Wildman–Crippen MR) is 82.6 cm³/mol. The molecule has 1 aliphatic heterocycles. The van der Waals surface area contributed by atoms with E-state index in [9.17, 15) is 5.11 Å². The summed E-state index contributed by atoms with van der Waals surface area (Å²) in [5.41, 5.74) is 2.20. The summed E-state index contributed by atoms with van der Waals surface area (Å²) >= 11 is 0. The number of aliphatic hydroxyl groups is 1. The third-order valence-electron chi connectivity index (χ3n) is 4.04. The van der Waals surface area contributed by atoms with Crippen LogP contribution in [0.5, 0.6) is 5.75 Å². The first-order valence-electron chi connectivity index (χ1n) is 7.27. The number of hydrogen-bond donors (Lipinski definition) is 1. The maximum Gasteiger partial charge on any atom is 0.142 e. The number of benzene rings is 1. The molecule has 0 spiro atoms. The normalized spacial score (nSPS) is 22.1. The Kier molecular flexibility index (Phi) is 4.06. The highest BCUT2D eigenvalue weighted by Crippen LogP contribution is 2.39. The molecule has 0 amide bonds. The van der Waals surface area contributed by atoms with Crippen molar-refractivity contribution in [3.05, 3.63) is 54.4 Å². The highest BCUT2D eigenvalue weighted by atomic mass is 16.5. The Morgan fingerprint density at radius 3 is 2.86 bits per heavy atom. The standard InChI is InChI=1S/C17H20N2O2/c1-21-17-7-3-2-6-15(17)19-10-8-14(20)11-16(19)13-5-4-9-18-12-13/h2-7,9,12,14,16,20H,8,10-11H2,1H3/t14?,16-/m1/s1. The van der Waals surface area contributed by atoms with Crippen molar-refractivity contribution in [2.24, 2.45) is 0 Å². The van der Waals surface area contributed by atoms with Gasteiger partial charge in [-0.2, -0.15) is 0 Å². The first kappa shape index (κ1) is 13.9. The van der Waals surface area contributed by atoms with Gasteiger partial charge in [-0.15, -0.1) is 0 Å². The summed E-state index contributed by atoms with van der Waals surface area (Å²) in [5, 5.41) is 10.1. The first-order valence-corrected chi connectivity index (χ1v) is 7.27. The fourth-order valence-electron chi connectivity index (χ4n) is 2.99. The topological polar surface area (TPSA) is 45.6 Å². The lowest BCUT2D eigenvalue weighted by Gasteiger charge is -2.40. The molecule has 4 heteroatoms. The van der Waals surface area contributed by atoms with Gasteiger partial charge in [-0.05, 0) is 36.6 Å². The Labute approximate surface area is 125 Å². The summed E-state index contributed by atoms with van der Waals surface area (Å²) in [6.07, 6.45) is 4.88. The van der Waals surface area contributed by atoms with Gasteiger partial charge in [0.05, 0.1) is 24.9 Å². The van der Waals surface area contributed by atoms with Crippen LogP contribution in [0.1, 0.15) is 24.4 Å². The lowest BCUT2D eigenvalue weighted by molar-refractivity contribution is 0.128. The lowest BCUT2D eigenvalue weighted by Crippen LogP contribution is -2.39. The number of rotatable bonds is 3. The van der Waals surface area contributed by atoms with Crippen LogP contribution in [0.15, 0.2) is 48.8 Å². The van der Waals surface area contributed by atoms with Gasteiger partial charge in [-0.1, -0.05) is 18.2 Å². The van der Waals surface area contributed by atoms with Crippen LogP contribution in [0, 0.1) is 0 Å². The van der Waals surface area contributed by atoms with E-state index in [1.54, 1.807) is 13.3 Å². The molecule has 0 saturated carbocycles. The van der Waals surface area contributed by atoms with Gasteiger partial charge < -0.3 is 14.7 Å². The van der Waals surface area contributed by atoms with Crippen LogP contribution in [-0.2, 0) is 0 Å². The van der Waals surface area contributed by atoms with Crippen LogP contribution in [0.3, 0.4) is 0 Å². The van der Waals surface area contributed by atoms with Crippen LogP contribution in [0.2, 0.25) is 0 Å². The summed E-state index contributed by atoms with van der Waals surface area (Å²) in [7, 11) is 1.69. The number of para-hydroxylation sites is 2. The van der Waals surface area contributed by atoms with Gasteiger partial charge in [0.25, 0.3) is 0 Å². The minimum Gasteiger partial charge on any atom is -0.495 e. The van der Waals surface area contributed by atoms with Gasteiger partial charge in [-0.3, -0.25) is 4.98 Å². The minimum absolute atomic E-state index is 0.124. The molecule has 0 radical (unpaired) electrons. The highest BCUT2D eigenvalue weighted by molar-refractivity contribution is 5.60. The third-order valence-corrected chi connectivity index (χ3v) is 4.04. The van der Waals surface area contributed by atoms with Crippen molar-refractivity contribution in [3.8, 4) is 5.75 Å². The van der Waals surface area contributed by atoms with E-state index in [1.165, 1.54) is 0 Å². The molecule has 2 heterocycles. The van der Waals surface area contributed by atoms with Gasteiger partial charge in [-0.25, -0.2) is 0 Å². The maximum atomic E-state index is 10.1. The van der Waals surface area contributed by atoms with E-state index in [0.717, 1.165) is 30.0 Å². The van der Waals surface area contributed by atoms with E-state index in [0.29, 0.717) is 6.42 Å². The summed E-state index contributed by atoms with van der Waals surface area (Å²) in [6.45, 7) is 0.807. The average molecular weight is 284 g/mol. The number of aromatic nitrogens is 1. The van der Waals surface area contributed by atoms with Crippen molar-refractivity contribution in [2.75, 3.05) is 18.6 Å². The molecule has 2 atom stereocenters. The molecule has 1 N–H and O–H groups in total. The van der Waals surface area contributed by atoms with Gasteiger partial charge in [0.15, 0.2) is 0 Å². The SMILES string of the molecule is COc1ccccc1N1CCC(O)C[C@@H]1c1cccnc1. The minimum atomic E-state index is -0.263. The van der Waals surface area contributed by atoms with Crippen LogP contribution in [0.4, 0.5) is 5.69 Å². The summed E-state index contributed by atoms with van der Waals surface area (Å²) in [6, 6.07) is 12.2. The Bertz CT molecular complexity index is 588. The molecule has 1 saturated heterocycles. The molecule has 2 aromatic rings. The molecular formula is C17H20N2O2. The predicted octanol–water partition coefficient (Wildman–Crippen LogP) is 2.79. The average Bonchev–Trinajstić information content (AvgIpc) is 2.55. The number of ether oxygens (including phenoxy) is 1. The number of piperidine rings is 1. The van der Waals surface area contributed by atoms with E-state index in [-0.39, 0.29) is 12.1 Å². The fourth-order valence-corrected chi connectivity index (χ4v) is 2.99. The lowest BCUT2D eigenvalue weighted by atomic mass is 9.93. The summed E-state index contributed by atoms with van der Waals surface area (Å²) in [5.74, 6) is 0.864. The zero-order valence-corrected chi connectivity index (χ0v) is 12.1. The van der Waals surface area contributed by atoms with Crippen molar-refractivity contribution in [3.63, 3.8) is 0 Å². The Morgan fingerprint density at radius 1 is 1.24 bits per heavy atom. The molecular weight excluding hydrogens is 264 g/mol. The van der Waals surface area contributed by atoms with Crippen LogP contribution < -0.4 is 9.64 Å². The van der Waals surface area contributed by atoms with Crippen molar-refractivity contribution in [2.45, 2.75) is 25.0 Å². The number of aliphatic hydroxyl groups excluding tert-OH is 1. The number of methoxy groups -OCH3 is 1. The van der Waals surface area contributed by atoms with E-state index in [4.69, 9.17) is 4.74 Å². The second-order valence-electron chi connectivity index (χ2n) is 5.35. The Hall–Kier alpha value is -2.07. The molecule has 21 heavy (non-hydrogen) atoms. The van der Waals surface area contributed by atoms with Crippen LogP contribution >= 0.6 is 0 Å². The maximum absolute atomic E-state index is 10.1. The number of nitrogens with zero attached hydrogens (tertiary/aromatic N) is 2. The quantitative estimate of drug-likeness (QED) is 0.941. The summed E-state index contributed by atoms with van der Waals surface area (Å²) < 4.78 is 5.49. The van der Waals surface area contributed by atoms with Crippen molar-refractivity contribution >= 4 is 5.69 Å². The van der Waals surface area contributed by atoms with Crippen molar-refractivity contribution < 1.29 is 9.84 Å². The van der Waals surface area contributed by atoms with Gasteiger partial charge in [0.2, 0.25) is 0 Å². The fraction of sp³-hybridized carbons (Fsp3) is 0.353. The molecule has 1 aromatic heterocycles. The molecule has 1 aromatic carbocycles. The zero-order valence-electron chi connectivity index (χ0n) is 12.1. The van der Waals surface area contributed by atoms with Crippen molar-refractivity contribution in [1.29, 1.82) is 0 Å². The van der Waals surface area contributed by atoms with Crippen LogP contribution in [-0.4, -0.2) is 29.8 Å². The highest BCUT2D eigenvalue weighted by Gasteiger charge is 2.30. The van der Waals surface area contributed by atoms with Crippen molar-refractivity contribution in [1.82, 2.24) is 4.98 Å². The Balaban J connectivity index is 1.98. The molecule has 0 bridgehead atoms. The smallest absolute Gasteiger partial charge is 0.142 e.